The molecule has 1 amide bonds. The van der Waals surface area contributed by atoms with Gasteiger partial charge in [0.15, 0.2) is 9.84 Å². The second kappa shape index (κ2) is 9.06. The van der Waals surface area contributed by atoms with Crippen LogP contribution >= 0.6 is 11.8 Å². The second-order valence-electron chi connectivity index (χ2n) is 5.78. The van der Waals surface area contributed by atoms with Gasteiger partial charge in [0.05, 0.1) is 10.9 Å². The molecule has 0 spiro atoms. The lowest BCUT2D eigenvalue weighted by molar-refractivity contribution is -0.121. The summed E-state index contributed by atoms with van der Waals surface area (Å²) < 4.78 is 23.0. The average molecular weight is 378 g/mol. The van der Waals surface area contributed by atoms with Crippen molar-refractivity contribution in [3.05, 3.63) is 60.2 Å². The summed E-state index contributed by atoms with van der Waals surface area (Å²) in [5.74, 6) is 0.724. The van der Waals surface area contributed by atoms with Gasteiger partial charge in [-0.1, -0.05) is 37.3 Å². The zero-order valence-electron chi connectivity index (χ0n) is 14.4. The molecule has 0 radical (unpaired) electrons. The molecule has 0 bridgehead atoms. The summed E-state index contributed by atoms with van der Waals surface area (Å²) in [7, 11) is -3.20. The molecule has 0 saturated carbocycles. The van der Waals surface area contributed by atoms with Crippen molar-refractivity contribution < 1.29 is 13.2 Å². The highest BCUT2D eigenvalue weighted by molar-refractivity contribution is 7.99. The van der Waals surface area contributed by atoms with Crippen LogP contribution < -0.4 is 5.32 Å². The Hall–Kier alpha value is -1.79. The van der Waals surface area contributed by atoms with E-state index in [1.165, 1.54) is 6.26 Å². The molecule has 0 aliphatic heterocycles. The average Bonchev–Trinajstić information content (AvgIpc) is 2.60. The van der Waals surface area contributed by atoms with Gasteiger partial charge >= 0.3 is 0 Å². The summed E-state index contributed by atoms with van der Waals surface area (Å²) in [4.78, 5) is 13.6. The fraction of sp³-hybridized carbons (Fsp3) is 0.316. The van der Waals surface area contributed by atoms with Crippen LogP contribution in [0.25, 0.3) is 0 Å². The van der Waals surface area contributed by atoms with Gasteiger partial charge in [-0.2, -0.15) is 0 Å². The van der Waals surface area contributed by atoms with Crippen molar-refractivity contribution >= 4 is 27.5 Å². The van der Waals surface area contributed by atoms with E-state index in [1.807, 2.05) is 37.3 Å². The van der Waals surface area contributed by atoms with Crippen LogP contribution in [0.5, 0.6) is 0 Å². The van der Waals surface area contributed by atoms with Crippen molar-refractivity contribution in [2.45, 2.75) is 35.6 Å². The fourth-order valence-electron chi connectivity index (χ4n) is 2.41. The Labute approximate surface area is 154 Å². The van der Waals surface area contributed by atoms with Crippen molar-refractivity contribution in [3.63, 3.8) is 0 Å². The van der Waals surface area contributed by atoms with E-state index in [2.05, 4.69) is 5.32 Å². The first kappa shape index (κ1) is 19.5. The molecule has 1 atom stereocenters. The first-order valence-electron chi connectivity index (χ1n) is 8.17. The Balaban J connectivity index is 1.89. The predicted molar refractivity (Wildman–Crippen MR) is 103 cm³/mol. The molecule has 0 aliphatic carbocycles. The lowest BCUT2D eigenvalue weighted by atomic mass is 10.0. The Morgan fingerprint density at radius 3 is 2.28 bits per heavy atom. The van der Waals surface area contributed by atoms with Crippen molar-refractivity contribution in [3.8, 4) is 0 Å². The van der Waals surface area contributed by atoms with Crippen LogP contribution in [0, 0.1) is 0 Å². The third kappa shape index (κ3) is 6.21. The first-order chi connectivity index (χ1) is 11.9. The minimum absolute atomic E-state index is 0.00229. The van der Waals surface area contributed by atoms with E-state index < -0.39 is 9.84 Å². The molecular weight excluding hydrogens is 354 g/mol. The van der Waals surface area contributed by atoms with Crippen LogP contribution in [0.2, 0.25) is 0 Å². The maximum atomic E-state index is 12.2. The quantitative estimate of drug-likeness (QED) is 0.710. The van der Waals surface area contributed by atoms with Crippen molar-refractivity contribution in [2.24, 2.45) is 0 Å². The van der Waals surface area contributed by atoms with Crippen molar-refractivity contribution in [2.75, 3.05) is 12.0 Å². The number of amides is 1. The highest BCUT2D eigenvalue weighted by Gasteiger charge is 2.14. The van der Waals surface area contributed by atoms with Gasteiger partial charge in [-0.05, 0) is 36.2 Å². The van der Waals surface area contributed by atoms with Crippen LogP contribution in [0.4, 0.5) is 0 Å². The van der Waals surface area contributed by atoms with Gasteiger partial charge in [0.1, 0.15) is 0 Å². The molecule has 2 aromatic rings. The Bertz CT molecular complexity index is 787. The van der Waals surface area contributed by atoms with Gasteiger partial charge in [0, 0.05) is 23.3 Å². The molecule has 0 aromatic heterocycles. The Morgan fingerprint density at radius 1 is 1.08 bits per heavy atom. The molecular formula is C19H23NO3S2. The van der Waals surface area contributed by atoms with E-state index in [9.17, 15) is 13.2 Å². The van der Waals surface area contributed by atoms with Gasteiger partial charge in [-0.15, -0.1) is 11.8 Å². The fourth-order valence-corrected chi connectivity index (χ4v) is 3.92. The maximum Gasteiger partial charge on any atom is 0.221 e. The van der Waals surface area contributed by atoms with Crippen LogP contribution in [0.3, 0.4) is 0 Å². The van der Waals surface area contributed by atoms with E-state index in [4.69, 9.17) is 0 Å². The van der Waals surface area contributed by atoms with Gasteiger partial charge in [0.25, 0.3) is 0 Å². The van der Waals surface area contributed by atoms with Gasteiger partial charge in [0.2, 0.25) is 5.91 Å². The number of thioether (sulfide) groups is 1. The van der Waals surface area contributed by atoms with Crippen molar-refractivity contribution in [1.82, 2.24) is 5.32 Å². The van der Waals surface area contributed by atoms with Crippen LogP contribution in [0.1, 0.15) is 31.4 Å². The number of rotatable bonds is 8. The minimum Gasteiger partial charge on any atom is -0.349 e. The normalized spacial score (nSPS) is 12.6. The van der Waals surface area contributed by atoms with E-state index in [1.54, 1.807) is 36.0 Å². The second-order valence-corrected chi connectivity index (χ2v) is 8.97. The Kier molecular flexibility index (Phi) is 7.08. The molecule has 0 fully saturated rings. The summed E-state index contributed by atoms with van der Waals surface area (Å²) in [5, 5.41) is 3.03. The summed E-state index contributed by atoms with van der Waals surface area (Å²) in [6.07, 6.45) is 2.37. The molecule has 0 aliphatic rings. The molecule has 2 rings (SSSR count). The molecule has 0 saturated heterocycles. The van der Waals surface area contributed by atoms with E-state index in [-0.39, 0.29) is 16.8 Å². The number of carbonyl (C=O) groups excluding carboxylic acids is 1. The highest BCUT2D eigenvalue weighted by Crippen LogP contribution is 2.21. The van der Waals surface area contributed by atoms with E-state index in [0.29, 0.717) is 6.42 Å². The number of carbonyl (C=O) groups is 1. The number of hydrogen-bond acceptors (Lipinski definition) is 4. The number of hydrogen-bond donors (Lipinski definition) is 1. The molecule has 4 nitrogen and oxygen atoms in total. The lowest BCUT2D eigenvalue weighted by Crippen LogP contribution is -2.28. The maximum absolute atomic E-state index is 12.2. The summed E-state index contributed by atoms with van der Waals surface area (Å²) >= 11 is 1.66. The zero-order chi connectivity index (χ0) is 18.3. The number of nitrogens with one attached hydrogen (secondary N) is 1. The van der Waals surface area contributed by atoms with Gasteiger partial charge in [-0.25, -0.2) is 8.42 Å². The molecule has 134 valence electrons. The van der Waals surface area contributed by atoms with Crippen LogP contribution in [-0.2, 0) is 14.6 Å². The van der Waals surface area contributed by atoms with Gasteiger partial charge < -0.3 is 5.32 Å². The van der Waals surface area contributed by atoms with Gasteiger partial charge in [-0.3, -0.25) is 4.79 Å². The molecule has 25 heavy (non-hydrogen) atoms. The van der Waals surface area contributed by atoms with Crippen LogP contribution in [0.15, 0.2) is 64.4 Å². The SMILES string of the molecule is CC[C@@H](NC(=O)CCSc1ccccc1)c1ccc(S(C)(=O)=O)cc1. The highest BCUT2D eigenvalue weighted by atomic mass is 32.2. The van der Waals surface area contributed by atoms with E-state index >= 15 is 0 Å². The number of sulfone groups is 1. The molecule has 1 N–H and O–H groups in total. The predicted octanol–water partition coefficient (Wildman–Crippen LogP) is 3.84. The topological polar surface area (TPSA) is 63.2 Å². The largest absolute Gasteiger partial charge is 0.349 e. The molecule has 6 heteroatoms. The Morgan fingerprint density at radius 2 is 1.72 bits per heavy atom. The third-order valence-corrected chi connectivity index (χ3v) is 5.94. The van der Waals surface area contributed by atoms with Crippen LogP contribution in [-0.4, -0.2) is 26.3 Å². The summed E-state index contributed by atoms with van der Waals surface area (Å²) in [6.45, 7) is 1.99. The van der Waals surface area contributed by atoms with E-state index in [0.717, 1.165) is 22.6 Å². The number of benzene rings is 2. The molecule has 0 heterocycles. The molecule has 2 aromatic carbocycles. The van der Waals surface area contributed by atoms with Crippen molar-refractivity contribution in [1.29, 1.82) is 0 Å². The zero-order valence-corrected chi connectivity index (χ0v) is 16.1. The smallest absolute Gasteiger partial charge is 0.221 e. The molecule has 0 unspecified atom stereocenters. The lowest BCUT2D eigenvalue weighted by Gasteiger charge is -2.18. The first-order valence-corrected chi connectivity index (χ1v) is 11.0. The summed E-state index contributed by atoms with van der Waals surface area (Å²) in [5.41, 5.74) is 0.916. The minimum atomic E-state index is -3.20. The monoisotopic (exact) mass is 377 g/mol. The third-order valence-electron chi connectivity index (χ3n) is 3.80. The summed E-state index contributed by atoms with van der Waals surface area (Å²) in [6, 6.07) is 16.6. The standard InChI is InChI=1S/C19H23NO3S2/c1-3-18(15-9-11-17(12-10-15)25(2,22)23)20-19(21)13-14-24-16-7-5-4-6-8-16/h4-12,18H,3,13-14H2,1-2H3,(H,20,21)/t18-/m1/s1.